The second-order valence-electron chi connectivity index (χ2n) is 6.71. The average molecular weight is 226 g/mol. The largest absolute Gasteiger partial charge is 0.390 e. The lowest BCUT2D eigenvalue weighted by Gasteiger charge is -2.28. The molecule has 16 heavy (non-hydrogen) atoms. The maximum atomic E-state index is 10.7. The lowest BCUT2D eigenvalue weighted by atomic mass is 9.85. The van der Waals surface area contributed by atoms with E-state index in [1.54, 1.807) is 0 Å². The Bertz CT molecular complexity index is 209. The van der Waals surface area contributed by atoms with E-state index in [0.29, 0.717) is 11.3 Å². The maximum absolute atomic E-state index is 10.7. The number of hydrogen-bond acceptors (Lipinski definition) is 1. The number of unbranched alkanes of at least 4 members (excludes halogenated alkanes) is 4. The molecular weight excluding hydrogens is 196 g/mol. The highest BCUT2D eigenvalue weighted by atomic mass is 16.3. The molecule has 0 aromatic heterocycles. The molecule has 1 fully saturated rings. The Hall–Kier alpha value is -0.0400. The van der Waals surface area contributed by atoms with Gasteiger partial charge in [0, 0.05) is 0 Å². The number of aliphatic hydroxyl groups is 1. The predicted molar refractivity (Wildman–Crippen MR) is 70.5 cm³/mol. The van der Waals surface area contributed by atoms with Gasteiger partial charge in [0.15, 0.2) is 0 Å². The van der Waals surface area contributed by atoms with Gasteiger partial charge in [0.2, 0.25) is 0 Å². The van der Waals surface area contributed by atoms with Gasteiger partial charge in [0.05, 0.1) is 5.60 Å². The van der Waals surface area contributed by atoms with Gasteiger partial charge in [-0.2, -0.15) is 0 Å². The van der Waals surface area contributed by atoms with Crippen LogP contribution in [0.4, 0.5) is 0 Å². The van der Waals surface area contributed by atoms with E-state index in [4.69, 9.17) is 0 Å². The average Bonchev–Trinajstić information content (AvgIpc) is 2.35. The van der Waals surface area contributed by atoms with E-state index in [0.717, 1.165) is 12.8 Å². The van der Waals surface area contributed by atoms with Crippen LogP contribution in [0.5, 0.6) is 0 Å². The summed E-state index contributed by atoms with van der Waals surface area (Å²) in [5, 5.41) is 10.7. The normalized spacial score (nSPS) is 33.2. The molecule has 2 atom stereocenters. The molecule has 1 aliphatic rings. The van der Waals surface area contributed by atoms with Gasteiger partial charge in [-0.15, -0.1) is 0 Å². The minimum absolute atomic E-state index is 0.345. The zero-order valence-corrected chi connectivity index (χ0v) is 11.7. The summed E-state index contributed by atoms with van der Waals surface area (Å²) in [7, 11) is 0. The molecule has 0 spiro atoms. The van der Waals surface area contributed by atoms with Gasteiger partial charge in [0.1, 0.15) is 0 Å². The van der Waals surface area contributed by atoms with E-state index < -0.39 is 0 Å². The molecule has 1 N–H and O–H groups in total. The van der Waals surface area contributed by atoms with Crippen LogP contribution in [0.25, 0.3) is 0 Å². The third-order valence-corrected chi connectivity index (χ3v) is 4.27. The Labute approximate surface area is 102 Å². The Morgan fingerprint density at radius 2 is 1.75 bits per heavy atom. The number of rotatable bonds is 6. The van der Waals surface area contributed by atoms with Gasteiger partial charge in [-0.3, -0.25) is 0 Å². The molecule has 0 heterocycles. The summed E-state index contributed by atoms with van der Waals surface area (Å²) in [6, 6.07) is 0. The first kappa shape index (κ1) is 14.0. The van der Waals surface area contributed by atoms with Gasteiger partial charge >= 0.3 is 0 Å². The van der Waals surface area contributed by atoms with Crippen molar-refractivity contribution in [2.75, 3.05) is 0 Å². The maximum Gasteiger partial charge on any atom is 0.0678 e. The van der Waals surface area contributed by atoms with Crippen LogP contribution in [0.2, 0.25) is 0 Å². The summed E-state index contributed by atoms with van der Waals surface area (Å²) < 4.78 is 0. The molecule has 0 amide bonds. The van der Waals surface area contributed by atoms with E-state index in [-0.39, 0.29) is 5.60 Å². The number of hydrogen-bond donors (Lipinski definition) is 1. The van der Waals surface area contributed by atoms with Crippen molar-refractivity contribution in [2.45, 2.75) is 84.7 Å². The second kappa shape index (κ2) is 5.53. The summed E-state index contributed by atoms with van der Waals surface area (Å²) in [5.41, 5.74) is -0.0205. The highest BCUT2D eigenvalue weighted by Gasteiger charge is 2.46. The van der Waals surface area contributed by atoms with Crippen molar-refractivity contribution in [2.24, 2.45) is 11.3 Å². The van der Waals surface area contributed by atoms with Crippen LogP contribution in [0.1, 0.15) is 79.1 Å². The molecule has 0 saturated heterocycles. The Balaban J connectivity index is 2.30. The molecule has 1 nitrogen and oxygen atoms in total. The van der Waals surface area contributed by atoms with E-state index in [1.807, 2.05) is 0 Å². The van der Waals surface area contributed by atoms with Crippen molar-refractivity contribution in [1.82, 2.24) is 0 Å². The van der Waals surface area contributed by atoms with E-state index >= 15 is 0 Å². The van der Waals surface area contributed by atoms with Crippen LogP contribution in [0.15, 0.2) is 0 Å². The van der Waals surface area contributed by atoms with Gasteiger partial charge in [-0.1, -0.05) is 59.8 Å². The fourth-order valence-corrected chi connectivity index (χ4v) is 3.46. The smallest absolute Gasteiger partial charge is 0.0678 e. The first-order valence-electron chi connectivity index (χ1n) is 7.12. The van der Waals surface area contributed by atoms with Gasteiger partial charge < -0.3 is 5.11 Å². The minimum Gasteiger partial charge on any atom is -0.390 e. The molecule has 0 aromatic carbocycles. The standard InChI is InChI=1S/C15H30O/c1-5-6-7-8-9-10-15(16)12-14(3,4)11-13(15)2/h13,16H,5-12H2,1-4H3. The van der Waals surface area contributed by atoms with Crippen LogP contribution < -0.4 is 0 Å². The Morgan fingerprint density at radius 1 is 1.12 bits per heavy atom. The van der Waals surface area contributed by atoms with Crippen molar-refractivity contribution in [3.63, 3.8) is 0 Å². The van der Waals surface area contributed by atoms with Crippen LogP contribution in [-0.2, 0) is 0 Å². The van der Waals surface area contributed by atoms with Gasteiger partial charge in [-0.05, 0) is 30.6 Å². The Morgan fingerprint density at radius 3 is 2.25 bits per heavy atom. The zero-order valence-electron chi connectivity index (χ0n) is 11.7. The molecule has 0 aliphatic heterocycles. The fraction of sp³-hybridized carbons (Fsp3) is 1.00. The van der Waals surface area contributed by atoms with E-state index in [1.165, 1.54) is 38.5 Å². The summed E-state index contributed by atoms with van der Waals surface area (Å²) in [4.78, 5) is 0. The summed E-state index contributed by atoms with van der Waals surface area (Å²) in [6.07, 6.45) is 9.67. The first-order valence-corrected chi connectivity index (χ1v) is 7.12. The summed E-state index contributed by atoms with van der Waals surface area (Å²) >= 11 is 0. The predicted octanol–water partition coefficient (Wildman–Crippen LogP) is 4.53. The summed E-state index contributed by atoms with van der Waals surface area (Å²) in [5.74, 6) is 0.480. The molecular formula is C15H30O. The molecule has 0 bridgehead atoms. The van der Waals surface area contributed by atoms with Gasteiger partial charge in [-0.25, -0.2) is 0 Å². The van der Waals surface area contributed by atoms with E-state index in [2.05, 4.69) is 27.7 Å². The molecule has 0 aromatic rings. The van der Waals surface area contributed by atoms with E-state index in [9.17, 15) is 5.11 Å². The zero-order chi connectivity index (χ0) is 12.2. The highest BCUT2D eigenvalue weighted by molar-refractivity contribution is 4.98. The lowest BCUT2D eigenvalue weighted by Crippen LogP contribution is -2.31. The topological polar surface area (TPSA) is 20.2 Å². The molecule has 1 rings (SSSR count). The molecule has 1 saturated carbocycles. The van der Waals surface area contributed by atoms with Crippen molar-refractivity contribution in [3.05, 3.63) is 0 Å². The van der Waals surface area contributed by atoms with Crippen molar-refractivity contribution in [1.29, 1.82) is 0 Å². The molecule has 96 valence electrons. The van der Waals surface area contributed by atoms with Crippen LogP contribution in [0, 0.1) is 11.3 Å². The van der Waals surface area contributed by atoms with Crippen LogP contribution >= 0.6 is 0 Å². The van der Waals surface area contributed by atoms with Crippen molar-refractivity contribution in [3.8, 4) is 0 Å². The second-order valence-corrected chi connectivity index (χ2v) is 6.71. The Kier molecular flexibility index (Phi) is 4.85. The van der Waals surface area contributed by atoms with Crippen LogP contribution in [0.3, 0.4) is 0 Å². The third kappa shape index (κ3) is 3.76. The summed E-state index contributed by atoms with van der Waals surface area (Å²) in [6.45, 7) is 9.05. The van der Waals surface area contributed by atoms with Gasteiger partial charge in [0.25, 0.3) is 0 Å². The molecule has 0 radical (unpaired) electrons. The molecule has 1 aliphatic carbocycles. The SMILES string of the molecule is CCCCCCCC1(O)CC(C)(C)CC1C. The van der Waals surface area contributed by atoms with Crippen molar-refractivity contribution < 1.29 is 5.11 Å². The monoisotopic (exact) mass is 226 g/mol. The minimum atomic E-state index is -0.365. The highest BCUT2D eigenvalue weighted by Crippen LogP contribution is 2.49. The molecule has 1 heteroatoms. The lowest BCUT2D eigenvalue weighted by molar-refractivity contribution is -0.00625. The first-order chi connectivity index (χ1) is 7.40. The third-order valence-electron chi connectivity index (χ3n) is 4.27. The quantitative estimate of drug-likeness (QED) is 0.660. The van der Waals surface area contributed by atoms with Crippen molar-refractivity contribution >= 4 is 0 Å². The van der Waals surface area contributed by atoms with Crippen LogP contribution in [-0.4, -0.2) is 10.7 Å². The molecule has 2 unspecified atom stereocenters. The fourth-order valence-electron chi connectivity index (χ4n) is 3.46.